The van der Waals surface area contributed by atoms with E-state index in [-0.39, 0.29) is 17.0 Å². The molecule has 7 heteroatoms. The maximum atomic E-state index is 12.1. The van der Waals surface area contributed by atoms with E-state index in [1.165, 1.54) is 23.9 Å². The van der Waals surface area contributed by atoms with Crippen LogP contribution in [0.25, 0.3) is 0 Å². The van der Waals surface area contributed by atoms with E-state index in [1.54, 1.807) is 0 Å². The third kappa shape index (κ3) is 2.51. The molecule has 0 radical (unpaired) electrons. The summed E-state index contributed by atoms with van der Waals surface area (Å²) in [6.07, 6.45) is 4.85. The lowest BCUT2D eigenvalue weighted by molar-refractivity contribution is 0.123. The second kappa shape index (κ2) is 4.75. The summed E-state index contributed by atoms with van der Waals surface area (Å²) < 4.78 is 25.4. The molecule has 0 amide bonds. The van der Waals surface area contributed by atoms with Crippen LogP contribution in [0.3, 0.4) is 0 Å². The summed E-state index contributed by atoms with van der Waals surface area (Å²) in [6, 6.07) is 0. The second-order valence-electron chi connectivity index (χ2n) is 4.46. The third-order valence-electron chi connectivity index (χ3n) is 3.27. The van der Waals surface area contributed by atoms with Crippen molar-refractivity contribution in [2.75, 3.05) is 13.6 Å². The fraction of sp³-hybridized carbons (Fsp3) is 0.700. The minimum atomic E-state index is -3.50. The van der Waals surface area contributed by atoms with Gasteiger partial charge in [-0.1, -0.05) is 6.42 Å². The molecule has 2 unspecified atom stereocenters. The highest BCUT2D eigenvalue weighted by Gasteiger charge is 2.30. The molecule has 0 spiro atoms. The molecule has 1 aromatic rings. The summed E-state index contributed by atoms with van der Waals surface area (Å²) in [5.41, 5.74) is 0. The van der Waals surface area contributed by atoms with Crippen molar-refractivity contribution >= 4 is 10.0 Å². The molecule has 6 nitrogen and oxygen atoms in total. The standard InChI is InChI=1S/C10H17N3O3S/c1-13(6-8-3-2-4-9(8)14)17(15,16)10-5-11-7-12-10/h5,7-9,14H,2-4,6H2,1H3,(H,11,12). The van der Waals surface area contributed by atoms with Crippen LogP contribution < -0.4 is 0 Å². The van der Waals surface area contributed by atoms with Crippen LogP contribution in [0.2, 0.25) is 0 Å². The Labute approximate surface area is 101 Å². The number of nitrogens with zero attached hydrogens (tertiary/aromatic N) is 2. The second-order valence-corrected chi connectivity index (χ2v) is 6.47. The molecule has 2 atom stereocenters. The first-order chi connectivity index (χ1) is 8.01. The Balaban J connectivity index is 2.07. The predicted octanol–water partition coefficient (Wildman–Crippen LogP) is 0.191. The van der Waals surface area contributed by atoms with Gasteiger partial charge in [-0.05, 0) is 18.8 Å². The summed E-state index contributed by atoms with van der Waals surface area (Å²) in [4.78, 5) is 6.30. The molecule has 2 N–H and O–H groups in total. The van der Waals surface area contributed by atoms with Gasteiger partial charge in [0.05, 0.1) is 18.6 Å². The molecule has 1 aromatic heterocycles. The predicted molar refractivity (Wildman–Crippen MR) is 61.8 cm³/mol. The molecule has 1 aliphatic rings. The zero-order valence-electron chi connectivity index (χ0n) is 9.70. The first-order valence-electron chi connectivity index (χ1n) is 5.64. The van der Waals surface area contributed by atoms with E-state index >= 15 is 0 Å². The van der Waals surface area contributed by atoms with Gasteiger partial charge in [-0.15, -0.1) is 0 Å². The molecule has 2 rings (SSSR count). The van der Waals surface area contributed by atoms with Crippen LogP contribution in [0.1, 0.15) is 19.3 Å². The molecule has 1 heterocycles. The van der Waals surface area contributed by atoms with E-state index in [4.69, 9.17) is 0 Å². The lowest BCUT2D eigenvalue weighted by atomic mass is 10.1. The Morgan fingerprint density at radius 2 is 2.35 bits per heavy atom. The van der Waals surface area contributed by atoms with E-state index in [9.17, 15) is 13.5 Å². The Morgan fingerprint density at radius 1 is 1.59 bits per heavy atom. The molecule has 17 heavy (non-hydrogen) atoms. The highest BCUT2D eigenvalue weighted by Crippen LogP contribution is 2.27. The van der Waals surface area contributed by atoms with Crippen molar-refractivity contribution in [3.05, 3.63) is 12.5 Å². The van der Waals surface area contributed by atoms with Crippen molar-refractivity contribution in [1.29, 1.82) is 0 Å². The third-order valence-corrected chi connectivity index (χ3v) is 5.02. The van der Waals surface area contributed by atoms with Crippen molar-refractivity contribution in [3.63, 3.8) is 0 Å². The maximum absolute atomic E-state index is 12.1. The van der Waals surface area contributed by atoms with E-state index < -0.39 is 10.0 Å². The van der Waals surface area contributed by atoms with Gasteiger partial charge in [0.1, 0.15) is 0 Å². The number of aromatic nitrogens is 2. The van der Waals surface area contributed by atoms with Crippen LogP contribution >= 0.6 is 0 Å². The smallest absolute Gasteiger partial charge is 0.259 e. The van der Waals surface area contributed by atoms with Gasteiger partial charge in [-0.2, -0.15) is 4.31 Å². The van der Waals surface area contributed by atoms with Gasteiger partial charge in [0, 0.05) is 13.6 Å². The monoisotopic (exact) mass is 259 g/mol. The lowest BCUT2D eigenvalue weighted by Gasteiger charge is -2.22. The number of rotatable bonds is 4. The minimum Gasteiger partial charge on any atom is -0.393 e. The van der Waals surface area contributed by atoms with E-state index in [1.807, 2.05) is 0 Å². The average Bonchev–Trinajstić information content (AvgIpc) is 2.90. The SMILES string of the molecule is CN(CC1CCCC1O)S(=O)(=O)c1cnc[nH]1. The molecule has 1 aliphatic carbocycles. The maximum Gasteiger partial charge on any atom is 0.259 e. The number of aliphatic hydroxyl groups is 1. The van der Waals surface area contributed by atoms with Crippen LogP contribution in [-0.2, 0) is 10.0 Å². The van der Waals surface area contributed by atoms with E-state index in [0.29, 0.717) is 6.54 Å². The average molecular weight is 259 g/mol. The highest BCUT2D eigenvalue weighted by atomic mass is 32.2. The highest BCUT2D eigenvalue weighted by molar-refractivity contribution is 7.89. The first kappa shape index (κ1) is 12.5. The summed E-state index contributed by atoms with van der Waals surface area (Å²) in [5.74, 6) is 0.0395. The topological polar surface area (TPSA) is 86.3 Å². The lowest BCUT2D eigenvalue weighted by Crippen LogP contribution is -2.34. The van der Waals surface area contributed by atoms with Crippen LogP contribution in [0.15, 0.2) is 17.6 Å². The van der Waals surface area contributed by atoms with Gasteiger partial charge >= 0.3 is 0 Å². The Morgan fingerprint density at radius 3 is 2.88 bits per heavy atom. The quantitative estimate of drug-likeness (QED) is 0.808. The number of sulfonamides is 1. The Hall–Kier alpha value is -0.920. The molecule has 1 fully saturated rings. The summed E-state index contributed by atoms with van der Waals surface area (Å²) in [5, 5.41) is 9.78. The van der Waals surface area contributed by atoms with Crippen LogP contribution in [0.5, 0.6) is 0 Å². The fourth-order valence-electron chi connectivity index (χ4n) is 2.21. The number of hydrogen-bond donors (Lipinski definition) is 2. The molecular formula is C10H17N3O3S. The Bertz CT molecular complexity index is 457. The number of H-pyrrole nitrogens is 1. The van der Waals surface area contributed by atoms with Gasteiger partial charge in [-0.25, -0.2) is 13.4 Å². The summed E-state index contributed by atoms with van der Waals surface area (Å²) >= 11 is 0. The van der Waals surface area contributed by atoms with E-state index in [0.717, 1.165) is 19.3 Å². The molecule has 0 aromatic carbocycles. The van der Waals surface area contributed by atoms with Crippen molar-refractivity contribution in [3.8, 4) is 0 Å². The number of imidazole rings is 1. The van der Waals surface area contributed by atoms with Gasteiger partial charge < -0.3 is 10.1 Å². The minimum absolute atomic E-state index is 0.0395. The van der Waals surface area contributed by atoms with Gasteiger partial charge in [0.2, 0.25) is 0 Å². The van der Waals surface area contributed by atoms with Gasteiger partial charge in [-0.3, -0.25) is 0 Å². The largest absolute Gasteiger partial charge is 0.393 e. The van der Waals surface area contributed by atoms with Crippen molar-refractivity contribution in [2.45, 2.75) is 30.4 Å². The molecule has 0 bridgehead atoms. The molecule has 96 valence electrons. The first-order valence-corrected chi connectivity index (χ1v) is 7.08. The number of hydrogen-bond acceptors (Lipinski definition) is 4. The Kier molecular flexibility index (Phi) is 3.50. The van der Waals surface area contributed by atoms with Crippen molar-refractivity contribution in [1.82, 2.24) is 14.3 Å². The van der Waals surface area contributed by atoms with Crippen LogP contribution in [0.4, 0.5) is 0 Å². The van der Waals surface area contributed by atoms with Crippen molar-refractivity contribution < 1.29 is 13.5 Å². The number of aromatic amines is 1. The van der Waals surface area contributed by atoms with Crippen LogP contribution in [0, 0.1) is 5.92 Å². The fourth-order valence-corrected chi connectivity index (χ4v) is 3.33. The van der Waals surface area contributed by atoms with Crippen molar-refractivity contribution in [2.24, 2.45) is 5.92 Å². The molecular weight excluding hydrogens is 242 g/mol. The number of nitrogens with one attached hydrogen (secondary N) is 1. The summed E-state index contributed by atoms with van der Waals surface area (Å²) in [6.45, 7) is 0.350. The van der Waals surface area contributed by atoms with Crippen LogP contribution in [-0.4, -0.2) is 47.5 Å². The van der Waals surface area contributed by atoms with Gasteiger partial charge in [0.15, 0.2) is 5.03 Å². The number of aliphatic hydroxyl groups excluding tert-OH is 1. The zero-order valence-corrected chi connectivity index (χ0v) is 10.5. The van der Waals surface area contributed by atoms with E-state index in [2.05, 4.69) is 9.97 Å². The molecule has 0 aliphatic heterocycles. The zero-order chi connectivity index (χ0) is 12.5. The molecule has 1 saturated carbocycles. The normalized spacial score (nSPS) is 25.6. The van der Waals surface area contributed by atoms with Gasteiger partial charge in [0.25, 0.3) is 10.0 Å². The molecule has 0 saturated heterocycles. The summed E-state index contributed by atoms with van der Waals surface area (Å²) in [7, 11) is -1.97.